The Kier molecular flexibility index (Phi) is 6.51. The second-order valence-electron chi connectivity index (χ2n) is 6.72. The fourth-order valence-corrected chi connectivity index (χ4v) is 4.66. The second kappa shape index (κ2) is 8.84. The summed E-state index contributed by atoms with van der Waals surface area (Å²) in [5, 5.41) is 13.4. The average Bonchev–Trinajstić information content (AvgIpc) is 3.28. The third-order valence-corrected chi connectivity index (χ3v) is 6.33. The fraction of sp³-hybridized carbons (Fsp3) is 0.706. The van der Waals surface area contributed by atoms with Crippen LogP contribution in [-0.2, 0) is 4.79 Å². The third kappa shape index (κ3) is 4.63. The van der Waals surface area contributed by atoms with Crippen LogP contribution in [0.3, 0.4) is 0 Å². The maximum atomic E-state index is 12.3. The molecule has 1 N–H and O–H groups in total. The molecule has 8 heteroatoms. The summed E-state index contributed by atoms with van der Waals surface area (Å²) >= 11 is 7.21. The van der Waals surface area contributed by atoms with Crippen LogP contribution in [0.15, 0.2) is 0 Å². The highest BCUT2D eigenvalue weighted by molar-refractivity contribution is 7.10. The number of nitrogens with zero attached hydrogens (tertiary/aromatic N) is 4. The number of rotatable bonds is 6. The zero-order chi connectivity index (χ0) is 17.6. The molecule has 0 atom stereocenters. The molecule has 1 aromatic rings. The molecule has 0 aliphatic carbocycles. The summed E-state index contributed by atoms with van der Waals surface area (Å²) in [6.07, 6.45) is 5.25. The van der Waals surface area contributed by atoms with E-state index in [0.29, 0.717) is 5.56 Å². The zero-order valence-corrected chi connectivity index (χ0v) is 15.9. The Morgan fingerprint density at radius 3 is 2.72 bits per heavy atom. The van der Waals surface area contributed by atoms with Gasteiger partial charge in [-0.2, -0.15) is 9.64 Å². The van der Waals surface area contributed by atoms with Crippen molar-refractivity contribution in [3.8, 4) is 6.07 Å². The summed E-state index contributed by atoms with van der Waals surface area (Å²) < 4.78 is 4.06. The van der Waals surface area contributed by atoms with E-state index in [1.165, 1.54) is 37.5 Å². The predicted octanol–water partition coefficient (Wildman–Crippen LogP) is 2.49. The molecule has 0 radical (unpaired) electrons. The van der Waals surface area contributed by atoms with E-state index in [-0.39, 0.29) is 17.0 Å². The van der Waals surface area contributed by atoms with E-state index < -0.39 is 0 Å². The number of carbonyl (C=O) groups excluding carboxylic acids is 1. The lowest BCUT2D eigenvalue weighted by molar-refractivity contribution is -0.125. The molecule has 3 heterocycles. The van der Waals surface area contributed by atoms with Crippen LogP contribution in [0.1, 0.15) is 37.7 Å². The van der Waals surface area contributed by atoms with Gasteiger partial charge in [-0.15, -0.1) is 0 Å². The van der Waals surface area contributed by atoms with Crippen molar-refractivity contribution in [1.29, 1.82) is 5.26 Å². The minimum Gasteiger partial charge on any atom is -0.361 e. The minimum atomic E-state index is 0.0666. The van der Waals surface area contributed by atoms with Crippen molar-refractivity contribution in [2.75, 3.05) is 44.2 Å². The molecule has 25 heavy (non-hydrogen) atoms. The molecule has 0 saturated carbocycles. The van der Waals surface area contributed by atoms with Gasteiger partial charge in [0, 0.05) is 25.6 Å². The standard InChI is InChI=1S/C17H24ClN5OS/c18-15-14(12-19)17(25-21-15)23-10-4-13(5-11-23)16(24)20-6-3-9-22-7-1-2-8-22/h13H,1-11H2,(H,20,24). The summed E-state index contributed by atoms with van der Waals surface area (Å²) in [6.45, 7) is 5.79. The van der Waals surface area contributed by atoms with E-state index in [4.69, 9.17) is 11.6 Å². The molecule has 2 saturated heterocycles. The molecular weight excluding hydrogens is 358 g/mol. The first-order valence-electron chi connectivity index (χ1n) is 8.99. The number of hydrogen-bond acceptors (Lipinski definition) is 6. The third-order valence-electron chi connectivity index (χ3n) is 5.05. The SMILES string of the molecule is N#Cc1c(Cl)nsc1N1CCC(C(=O)NCCCN2CCCC2)CC1. The summed E-state index contributed by atoms with van der Waals surface area (Å²) in [5.41, 5.74) is 0.455. The van der Waals surface area contributed by atoms with Crippen molar-refractivity contribution < 1.29 is 4.79 Å². The number of nitriles is 1. The number of piperidine rings is 1. The molecule has 2 fully saturated rings. The van der Waals surface area contributed by atoms with Crippen molar-refractivity contribution in [1.82, 2.24) is 14.6 Å². The predicted molar refractivity (Wildman–Crippen MR) is 100 cm³/mol. The van der Waals surface area contributed by atoms with Crippen molar-refractivity contribution >= 4 is 34.0 Å². The monoisotopic (exact) mass is 381 g/mol. The molecule has 136 valence electrons. The van der Waals surface area contributed by atoms with Crippen molar-refractivity contribution in [3.63, 3.8) is 0 Å². The molecule has 0 unspecified atom stereocenters. The van der Waals surface area contributed by atoms with Gasteiger partial charge in [0.05, 0.1) is 0 Å². The maximum Gasteiger partial charge on any atom is 0.223 e. The van der Waals surface area contributed by atoms with Crippen LogP contribution in [0, 0.1) is 17.2 Å². The second-order valence-corrected chi connectivity index (χ2v) is 7.83. The number of anilines is 1. The molecule has 1 aromatic heterocycles. The summed E-state index contributed by atoms with van der Waals surface area (Å²) in [7, 11) is 0. The van der Waals surface area contributed by atoms with Crippen LogP contribution in [-0.4, -0.2) is 54.4 Å². The van der Waals surface area contributed by atoms with Gasteiger partial charge in [0.25, 0.3) is 0 Å². The van der Waals surface area contributed by atoms with Crippen molar-refractivity contribution in [2.45, 2.75) is 32.1 Å². The molecule has 2 aliphatic heterocycles. The van der Waals surface area contributed by atoms with Gasteiger partial charge >= 0.3 is 0 Å². The van der Waals surface area contributed by atoms with Gasteiger partial charge in [0.15, 0.2) is 5.15 Å². The lowest BCUT2D eigenvalue weighted by Gasteiger charge is -2.31. The van der Waals surface area contributed by atoms with Crippen LogP contribution in [0.2, 0.25) is 5.15 Å². The first-order valence-corrected chi connectivity index (χ1v) is 10.1. The highest BCUT2D eigenvalue weighted by atomic mass is 35.5. The summed E-state index contributed by atoms with van der Waals surface area (Å²) in [5.74, 6) is 0.237. The highest BCUT2D eigenvalue weighted by Crippen LogP contribution is 2.33. The Morgan fingerprint density at radius 2 is 2.04 bits per heavy atom. The smallest absolute Gasteiger partial charge is 0.223 e. The Bertz CT molecular complexity index is 629. The largest absolute Gasteiger partial charge is 0.361 e. The Hall–Kier alpha value is -1.36. The highest BCUT2D eigenvalue weighted by Gasteiger charge is 2.27. The number of amides is 1. The normalized spacial score (nSPS) is 19.1. The molecule has 0 spiro atoms. The Labute approximate surface area is 157 Å². The number of hydrogen-bond donors (Lipinski definition) is 1. The number of halogens is 1. The van der Waals surface area contributed by atoms with Crippen LogP contribution in [0.25, 0.3) is 0 Å². The molecule has 3 rings (SSSR count). The minimum absolute atomic E-state index is 0.0666. The molecule has 6 nitrogen and oxygen atoms in total. The van der Waals surface area contributed by atoms with Gasteiger partial charge in [-0.1, -0.05) is 11.6 Å². The van der Waals surface area contributed by atoms with Crippen molar-refractivity contribution in [3.05, 3.63) is 10.7 Å². The van der Waals surface area contributed by atoms with E-state index in [1.807, 2.05) is 0 Å². The van der Waals surface area contributed by atoms with E-state index in [9.17, 15) is 10.1 Å². The summed E-state index contributed by atoms with van der Waals surface area (Å²) in [6, 6.07) is 2.12. The van der Waals surface area contributed by atoms with Crippen molar-refractivity contribution in [2.24, 2.45) is 5.92 Å². The molecule has 2 aliphatic rings. The van der Waals surface area contributed by atoms with E-state index >= 15 is 0 Å². The van der Waals surface area contributed by atoms with Gasteiger partial charge in [0.1, 0.15) is 16.6 Å². The maximum absolute atomic E-state index is 12.3. The number of carbonyl (C=O) groups is 1. The van der Waals surface area contributed by atoms with Crippen LogP contribution in [0.4, 0.5) is 5.00 Å². The fourth-order valence-electron chi connectivity index (χ4n) is 3.58. The van der Waals surface area contributed by atoms with Crippen LogP contribution < -0.4 is 10.2 Å². The lowest BCUT2D eigenvalue weighted by atomic mass is 9.96. The topological polar surface area (TPSA) is 72.3 Å². The quantitative estimate of drug-likeness (QED) is 0.766. The van der Waals surface area contributed by atoms with Crippen LogP contribution in [0.5, 0.6) is 0 Å². The van der Waals surface area contributed by atoms with E-state index in [1.54, 1.807) is 0 Å². The number of likely N-dealkylation sites (tertiary alicyclic amines) is 1. The molecule has 1 amide bonds. The molecule has 0 bridgehead atoms. The summed E-state index contributed by atoms with van der Waals surface area (Å²) in [4.78, 5) is 16.9. The van der Waals surface area contributed by atoms with Crippen LogP contribution >= 0.6 is 23.1 Å². The van der Waals surface area contributed by atoms with Gasteiger partial charge < -0.3 is 15.1 Å². The average molecular weight is 382 g/mol. The van der Waals surface area contributed by atoms with Gasteiger partial charge in [-0.3, -0.25) is 4.79 Å². The number of nitrogens with one attached hydrogen (secondary N) is 1. The zero-order valence-electron chi connectivity index (χ0n) is 14.3. The van der Waals surface area contributed by atoms with Gasteiger partial charge in [-0.05, 0) is 63.3 Å². The first kappa shape index (κ1) is 18.4. The van der Waals surface area contributed by atoms with E-state index in [2.05, 4.69) is 25.6 Å². The van der Waals surface area contributed by atoms with Gasteiger partial charge in [0.2, 0.25) is 5.91 Å². The molecular formula is C17H24ClN5OS. The Balaban J connectivity index is 1.39. The number of aromatic nitrogens is 1. The first-order chi connectivity index (χ1) is 12.2. The molecule has 0 aromatic carbocycles. The van der Waals surface area contributed by atoms with E-state index in [0.717, 1.165) is 50.4 Å². The van der Waals surface area contributed by atoms with Gasteiger partial charge in [-0.25, -0.2) is 0 Å². The lowest BCUT2D eigenvalue weighted by Crippen LogP contribution is -2.41. The Morgan fingerprint density at radius 1 is 1.32 bits per heavy atom.